The third kappa shape index (κ3) is 3.34. The average Bonchev–Trinajstić information content (AvgIpc) is 2.81. The van der Waals surface area contributed by atoms with Gasteiger partial charge in [0.2, 0.25) is 0 Å². The highest BCUT2D eigenvalue weighted by molar-refractivity contribution is 7.99. The number of amides is 2. The maximum Gasteiger partial charge on any atom is 0.261 e. The first-order chi connectivity index (χ1) is 13.1. The second-order valence-electron chi connectivity index (χ2n) is 7.16. The van der Waals surface area contributed by atoms with Crippen molar-refractivity contribution in [1.29, 1.82) is 0 Å². The van der Waals surface area contributed by atoms with E-state index in [0.29, 0.717) is 28.6 Å². The van der Waals surface area contributed by atoms with E-state index in [2.05, 4.69) is 11.9 Å². The van der Waals surface area contributed by atoms with Crippen molar-refractivity contribution in [3.05, 3.63) is 47.7 Å². The number of anilines is 1. The first kappa shape index (κ1) is 18.0. The van der Waals surface area contributed by atoms with E-state index in [1.54, 1.807) is 17.2 Å². The van der Waals surface area contributed by atoms with Gasteiger partial charge in [0.1, 0.15) is 5.03 Å². The Balaban J connectivity index is 1.70. The molecule has 3 heterocycles. The van der Waals surface area contributed by atoms with Gasteiger partial charge in [-0.1, -0.05) is 18.7 Å². The molecule has 5 nitrogen and oxygen atoms in total. The number of hydrogen-bond donors (Lipinski definition) is 0. The van der Waals surface area contributed by atoms with Crippen LogP contribution in [0.3, 0.4) is 0 Å². The third-order valence-corrected chi connectivity index (χ3v) is 6.40. The van der Waals surface area contributed by atoms with E-state index < -0.39 is 0 Å². The summed E-state index contributed by atoms with van der Waals surface area (Å²) in [5.41, 5.74) is 2.13. The third-order valence-electron chi connectivity index (χ3n) is 5.34. The van der Waals surface area contributed by atoms with Crippen LogP contribution in [0.5, 0.6) is 0 Å². The predicted molar refractivity (Wildman–Crippen MR) is 106 cm³/mol. The van der Waals surface area contributed by atoms with Gasteiger partial charge in [-0.25, -0.2) is 4.98 Å². The lowest BCUT2D eigenvalue weighted by Gasteiger charge is -2.30. The zero-order valence-corrected chi connectivity index (χ0v) is 16.5. The molecule has 0 N–H and O–H groups in total. The Morgan fingerprint density at radius 2 is 2.04 bits per heavy atom. The van der Waals surface area contributed by atoms with Crippen molar-refractivity contribution in [2.24, 2.45) is 5.92 Å². The average molecular weight is 382 g/mol. The van der Waals surface area contributed by atoms with Crippen molar-refractivity contribution in [3.8, 4) is 0 Å². The largest absolute Gasteiger partial charge is 0.339 e. The number of fused-ring (bicyclic) bond motifs is 2. The van der Waals surface area contributed by atoms with Gasteiger partial charge in [-0.15, -0.1) is 0 Å². The van der Waals surface area contributed by atoms with E-state index in [9.17, 15) is 9.59 Å². The van der Waals surface area contributed by atoms with Crippen LogP contribution in [-0.2, 0) is 0 Å². The number of hydrogen-bond acceptors (Lipinski definition) is 4. The van der Waals surface area contributed by atoms with Crippen molar-refractivity contribution in [2.45, 2.75) is 36.6 Å². The van der Waals surface area contributed by atoms with E-state index in [4.69, 9.17) is 0 Å². The molecule has 1 saturated heterocycles. The van der Waals surface area contributed by atoms with Crippen LogP contribution in [-0.4, -0.2) is 41.3 Å². The van der Waals surface area contributed by atoms with Crippen molar-refractivity contribution in [3.63, 3.8) is 0 Å². The summed E-state index contributed by atoms with van der Waals surface area (Å²) in [6.07, 6.45) is 3.81. The van der Waals surface area contributed by atoms with Gasteiger partial charge < -0.3 is 9.80 Å². The summed E-state index contributed by atoms with van der Waals surface area (Å²) in [5, 5.41) is 0.691. The predicted octanol–water partition coefficient (Wildman–Crippen LogP) is 4.09. The van der Waals surface area contributed by atoms with Crippen LogP contribution < -0.4 is 4.90 Å². The zero-order chi connectivity index (χ0) is 19.0. The van der Waals surface area contributed by atoms with Gasteiger partial charge in [0.15, 0.2) is 0 Å². The molecule has 2 aliphatic heterocycles. The minimum absolute atomic E-state index is 0.0454. The van der Waals surface area contributed by atoms with Crippen LogP contribution >= 0.6 is 11.8 Å². The lowest BCUT2D eigenvalue weighted by atomic mass is 9.98. The van der Waals surface area contributed by atoms with E-state index in [-0.39, 0.29) is 11.8 Å². The number of carbonyl (C=O) groups excluding carboxylic acids is 2. The number of aromatic nitrogens is 1. The van der Waals surface area contributed by atoms with E-state index in [1.165, 1.54) is 11.8 Å². The van der Waals surface area contributed by atoms with Crippen LogP contribution in [0, 0.1) is 5.92 Å². The van der Waals surface area contributed by atoms with Crippen molar-refractivity contribution in [1.82, 2.24) is 9.88 Å². The Morgan fingerprint density at radius 3 is 2.78 bits per heavy atom. The molecule has 27 heavy (non-hydrogen) atoms. The van der Waals surface area contributed by atoms with E-state index in [1.807, 2.05) is 36.1 Å². The van der Waals surface area contributed by atoms with Gasteiger partial charge in [0, 0.05) is 36.3 Å². The fraction of sp³-hybridized carbons (Fsp3) is 0.381. The Bertz CT molecular complexity index is 891. The second kappa shape index (κ2) is 7.35. The maximum atomic E-state index is 13.0. The summed E-state index contributed by atoms with van der Waals surface area (Å²) in [7, 11) is 0. The molecule has 0 aliphatic carbocycles. The standard InChI is InChI=1S/C21H23N3O2S/c1-3-24-17-7-6-15(20(25)23-11-8-14(2)9-12-23)13-18(17)27-19-16(21(24)26)5-4-10-22-19/h4-7,10,13-14H,3,8-9,11-12H2,1-2H3. The van der Waals surface area contributed by atoms with E-state index in [0.717, 1.165) is 36.5 Å². The highest BCUT2D eigenvalue weighted by atomic mass is 32.2. The lowest BCUT2D eigenvalue weighted by molar-refractivity contribution is 0.0697. The summed E-state index contributed by atoms with van der Waals surface area (Å²) >= 11 is 1.46. The lowest BCUT2D eigenvalue weighted by Crippen LogP contribution is -2.38. The monoisotopic (exact) mass is 381 g/mol. The molecule has 0 saturated carbocycles. The molecule has 1 aromatic heterocycles. The molecule has 0 radical (unpaired) electrons. The van der Waals surface area contributed by atoms with E-state index >= 15 is 0 Å². The number of carbonyl (C=O) groups is 2. The van der Waals surface area contributed by atoms with Gasteiger partial charge >= 0.3 is 0 Å². The Labute approximate surface area is 163 Å². The summed E-state index contributed by atoms with van der Waals surface area (Å²) in [5.74, 6) is 0.712. The molecule has 4 rings (SSSR count). The Hall–Kier alpha value is -2.34. The van der Waals surface area contributed by atoms with Gasteiger partial charge in [0.25, 0.3) is 11.8 Å². The molecule has 0 bridgehead atoms. The normalized spacial score (nSPS) is 17.3. The Morgan fingerprint density at radius 1 is 1.26 bits per heavy atom. The van der Waals surface area contributed by atoms with Gasteiger partial charge in [0.05, 0.1) is 11.3 Å². The summed E-state index contributed by atoms with van der Waals surface area (Å²) in [6.45, 7) is 6.39. The van der Waals surface area contributed by atoms with Crippen LogP contribution in [0.4, 0.5) is 5.69 Å². The molecule has 0 unspecified atom stereocenters. The number of benzene rings is 1. The molecule has 2 amide bonds. The molecule has 2 aromatic rings. The van der Waals surface area contributed by atoms with Crippen molar-refractivity contribution >= 4 is 29.3 Å². The fourth-order valence-corrected chi connectivity index (χ4v) is 4.71. The molecular formula is C21H23N3O2S. The van der Waals surface area contributed by atoms with Gasteiger partial charge in [-0.05, 0) is 56.0 Å². The van der Waals surface area contributed by atoms with Crippen LogP contribution in [0.1, 0.15) is 47.4 Å². The smallest absolute Gasteiger partial charge is 0.261 e. The van der Waals surface area contributed by atoms with Crippen LogP contribution in [0.15, 0.2) is 46.5 Å². The quantitative estimate of drug-likeness (QED) is 0.786. The maximum absolute atomic E-state index is 13.0. The van der Waals surface area contributed by atoms with Crippen LogP contribution in [0.25, 0.3) is 0 Å². The molecule has 1 fully saturated rings. The molecule has 6 heteroatoms. The topological polar surface area (TPSA) is 53.5 Å². The number of nitrogens with zero attached hydrogens (tertiary/aromatic N) is 3. The first-order valence-electron chi connectivity index (χ1n) is 9.46. The molecule has 0 atom stereocenters. The fourth-order valence-electron chi connectivity index (χ4n) is 3.65. The second-order valence-corrected chi connectivity index (χ2v) is 8.20. The molecule has 2 aliphatic rings. The number of rotatable bonds is 2. The molecular weight excluding hydrogens is 358 g/mol. The number of piperidine rings is 1. The van der Waals surface area contributed by atoms with Crippen molar-refractivity contribution in [2.75, 3.05) is 24.5 Å². The molecule has 1 aromatic carbocycles. The van der Waals surface area contributed by atoms with Gasteiger partial charge in [-0.3, -0.25) is 9.59 Å². The molecule has 0 spiro atoms. The SMILES string of the molecule is CCN1C(=O)c2cccnc2Sc2cc(C(=O)N3CCC(C)CC3)ccc21. The minimum atomic E-state index is -0.0454. The minimum Gasteiger partial charge on any atom is -0.339 e. The highest BCUT2D eigenvalue weighted by Crippen LogP contribution is 2.40. The zero-order valence-electron chi connectivity index (χ0n) is 15.6. The number of likely N-dealkylation sites (tertiary alicyclic amines) is 1. The summed E-state index contributed by atoms with van der Waals surface area (Å²) in [4.78, 5) is 34.9. The van der Waals surface area contributed by atoms with Crippen LogP contribution in [0.2, 0.25) is 0 Å². The van der Waals surface area contributed by atoms with Gasteiger partial charge in [-0.2, -0.15) is 0 Å². The first-order valence-corrected chi connectivity index (χ1v) is 10.3. The summed E-state index contributed by atoms with van der Waals surface area (Å²) in [6, 6.07) is 9.26. The summed E-state index contributed by atoms with van der Waals surface area (Å²) < 4.78 is 0. The Kier molecular flexibility index (Phi) is 4.91. The van der Waals surface area contributed by atoms with Crippen molar-refractivity contribution < 1.29 is 9.59 Å². The molecule has 140 valence electrons. The highest BCUT2D eigenvalue weighted by Gasteiger charge is 2.28. The number of pyridine rings is 1.